The number of alkyl carbamates (subject to hydrolysis) is 1. The van der Waals surface area contributed by atoms with Gasteiger partial charge in [0.25, 0.3) is 0 Å². The Bertz CT molecular complexity index is 747. The molecule has 0 aliphatic heterocycles. The smallest absolute Gasteiger partial charge is 0.408 e. The van der Waals surface area contributed by atoms with Crippen molar-refractivity contribution in [3.63, 3.8) is 0 Å². The summed E-state index contributed by atoms with van der Waals surface area (Å²) in [5.41, 5.74) is 1.53. The van der Waals surface area contributed by atoms with E-state index in [0.717, 1.165) is 17.7 Å². The lowest BCUT2D eigenvalue weighted by molar-refractivity contribution is -0.119. The second-order valence-corrected chi connectivity index (χ2v) is 6.52. The van der Waals surface area contributed by atoms with Crippen LogP contribution in [0.5, 0.6) is 5.75 Å². The molecule has 0 spiro atoms. The second kappa shape index (κ2) is 11.0. The van der Waals surface area contributed by atoms with E-state index in [4.69, 9.17) is 9.47 Å². The summed E-state index contributed by atoms with van der Waals surface area (Å²) < 4.78 is 10.6. The van der Waals surface area contributed by atoms with Crippen molar-refractivity contribution in [1.82, 2.24) is 5.32 Å². The number of amides is 2. The topological polar surface area (TPSA) is 76.7 Å². The Morgan fingerprint density at radius 2 is 1.68 bits per heavy atom. The van der Waals surface area contributed by atoms with Crippen molar-refractivity contribution in [3.8, 4) is 5.75 Å². The van der Waals surface area contributed by atoms with Crippen LogP contribution >= 0.6 is 0 Å². The molecular weight excluding hydrogens is 356 g/mol. The average Bonchev–Trinajstić information content (AvgIpc) is 2.72. The third-order valence-electron chi connectivity index (χ3n) is 4.41. The highest BCUT2D eigenvalue weighted by atomic mass is 16.5. The summed E-state index contributed by atoms with van der Waals surface area (Å²) in [5.74, 6) is 0.406. The molecule has 0 aromatic heterocycles. The molecule has 0 heterocycles. The van der Waals surface area contributed by atoms with Crippen LogP contribution in [0.3, 0.4) is 0 Å². The quantitative estimate of drug-likeness (QED) is 0.673. The normalized spacial score (nSPS) is 12.5. The number of carbonyl (C=O) groups is 2. The number of hydrogen-bond acceptors (Lipinski definition) is 4. The van der Waals surface area contributed by atoms with Gasteiger partial charge in [-0.15, -0.1) is 0 Å². The number of rotatable bonds is 9. The molecule has 28 heavy (non-hydrogen) atoms. The molecule has 0 unspecified atom stereocenters. The summed E-state index contributed by atoms with van der Waals surface area (Å²) in [5, 5.41) is 5.53. The van der Waals surface area contributed by atoms with Crippen molar-refractivity contribution >= 4 is 17.7 Å². The molecule has 0 saturated carbocycles. The maximum atomic E-state index is 12.7. The van der Waals surface area contributed by atoms with Crippen LogP contribution in [0.15, 0.2) is 54.6 Å². The van der Waals surface area contributed by atoms with Crippen molar-refractivity contribution in [1.29, 1.82) is 0 Å². The minimum Gasteiger partial charge on any atom is -0.494 e. The molecule has 0 saturated heterocycles. The molecule has 0 bridgehead atoms. The van der Waals surface area contributed by atoms with Crippen LogP contribution in [0.2, 0.25) is 0 Å². The summed E-state index contributed by atoms with van der Waals surface area (Å²) in [6.07, 6.45) is 0.122. The van der Waals surface area contributed by atoms with Gasteiger partial charge in [-0.05, 0) is 42.7 Å². The summed E-state index contributed by atoms with van der Waals surface area (Å²) in [6.45, 7) is 6.53. The zero-order valence-corrected chi connectivity index (χ0v) is 16.6. The lowest BCUT2D eigenvalue weighted by Crippen LogP contribution is -2.47. The molecule has 0 aliphatic carbocycles. The second-order valence-electron chi connectivity index (χ2n) is 6.52. The number of benzene rings is 2. The zero-order valence-electron chi connectivity index (χ0n) is 16.6. The van der Waals surface area contributed by atoms with Gasteiger partial charge in [-0.2, -0.15) is 0 Å². The van der Waals surface area contributed by atoms with E-state index in [2.05, 4.69) is 10.6 Å². The van der Waals surface area contributed by atoms with E-state index in [1.807, 2.05) is 51.1 Å². The lowest BCUT2D eigenvalue weighted by atomic mass is 9.98. The summed E-state index contributed by atoms with van der Waals surface area (Å²) in [6, 6.07) is 15.8. The summed E-state index contributed by atoms with van der Waals surface area (Å²) in [7, 11) is 0. The van der Waals surface area contributed by atoms with Gasteiger partial charge in [-0.3, -0.25) is 4.79 Å². The van der Waals surface area contributed by atoms with Crippen LogP contribution in [-0.4, -0.2) is 24.6 Å². The van der Waals surface area contributed by atoms with Crippen molar-refractivity contribution in [2.75, 3.05) is 11.9 Å². The molecule has 2 N–H and O–H groups in total. The molecule has 0 aliphatic rings. The van der Waals surface area contributed by atoms with E-state index in [9.17, 15) is 9.59 Å². The zero-order chi connectivity index (χ0) is 20.4. The van der Waals surface area contributed by atoms with E-state index >= 15 is 0 Å². The fourth-order valence-corrected chi connectivity index (χ4v) is 2.61. The molecule has 0 radical (unpaired) electrons. The van der Waals surface area contributed by atoms with Crippen LogP contribution in [0.4, 0.5) is 10.5 Å². The van der Waals surface area contributed by atoms with Gasteiger partial charge in [0.2, 0.25) is 5.91 Å². The molecule has 6 nitrogen and oxygen atoms in total. The molecule has 2 atom stereocenters. The van der Waals surface area contributed by atoms with E-state index in [1.54, 1.807) is 24.3 Å². The Morgan fingerprint density at radius 3 is 2.29 bits per heavy atom. The van der Waals surface area contributed by atoms with Gasteiger partial charge >= 0.3 is 6.09 Å². The molecule has 150 valence electrons. The Labute approximate surface area is 166 Å². The van der Waals surface area contributed by atoms with Gasteiger partial charge in [0.15, 0.2) is 0 Å². The standard InChI is InChI=1S/C22H28N2O4/c1-4-16(3)20(24-22(26)28-15-17-9-7-6-8-10-17)21(25)23-18-11-13-19(14-12-18)27-5-2/h6-14,16,20H,4-5,15H2,1-3H3,(H,23,25)(H,24,26)/t16-,20-/m0/s1. The maximum Gasteiger partial charge on any atom is 0.408 e. The highest BCUT2D eigenvalue weighted by Gasteiger charge is 2.26. The molecule has 2 rings (SSSR count). The number of carbonyl (C=O) groups excluding carboxylic acids is 2. The van der Waals surface area contributed by atoms with E-state index in [-0.39, 0.29) is 18.4 Å². The van der Waals surface area contributed by atoms with Gasteiger partial charge in [-0.25, -0.2) is 4.79 Å². The Hall–Kier alpha value is -3.02. The lowest BCUT2D eigenvalue weighted by Gasteiger charge is -2.23. The van der Waals surface area contributed by atoms with Crippen LogP contribution in [0.1, 0.15) is 32.8 Å². The first kappa shape index (κ1) is 21.3. The fourth-order valence-electron chi connectivity index (χ4n) is 2.61. The Kier molecular flexibility index (Phi) is 8.34. The Balaban J connectivity index is 1.95. The maximum absolute atomic E-state index is 12.7. The van der Waals surface area contributed by atoms with Gasteiger partial charge in [0.05, 0.1) is 6.61 Å². The summed E-state index contributed by atoms with van der Waals surface area (Å²) >= 11 is 0. The molecule has 2 aromatic rings. The average molecular weight is 384 g/mol. The number of ether oxygens (including phenoxy) is 2. The van der Waals surface area contributed by atoms with Crippen molar-refractivity contribution in [3.05, 3.63) is 60.2 Å². The molecular formula is C22H28N2O4. The highest BCUT2D eigenvalue weighted by Crippen LogP contribution is 2.17. The van der Waals surface area contributed by atoms with Gasteiger partial charge in [-0.1, -0.05) is 50.6 Å². The molecule has 0 fully saturated rings. The van der Waals surface area contributed by atoms with Crippen molar-refractivity contribution in [2.45, 2.75) is 39.8 Å². The van der Waals surface area contributed by atoms with E-state index in [1.165, 1.54) is 0 Å². The largest absolute Gasteiger partial charge is 0.494 e. The minimum absolute atomic E-state index is 0.0491. The first-order valence-corrected chi connectivity index (χ1v) is 9.54. The first-order chi connectivity index (χ1) is 13.5. The third kappa shape index (κ3) is 6.61. The van der Waals surface area contributed by atoms with E-state index < -0.39 is 12.1 Å². The summed E-state index contributed by atoms with van der Waals surface area (Å²) in [4.78, 5) is 24.9. The molecule has 2 aromatic carbocycles. The number of nitrogens with one attached hydrogen (secondary N) is 2. The monoisotopic (exact) mass is 384 g/mol. The van der Waals surface area contributed by atoms with Crippen LogP contribution < -0.4 is 15.4 Å². The van der Waals surface area contributed by atoms with Crippen molar-refractivity contribution in [2.24, 2.45) is 5.92 Å². The third-order valence-corrected chi connectivity index (χ3v) is 4.41. The SMILES string of the molecule is CCOc1ccc(NC(=O)[C@@H](NC(=O)OCc2ccccc2)[C@@H](C)CC)cc1. The first-order valence-electron chi connectivity index (χ1n) is 9.54. The van der Waals surface area contributed by atoms with Gasteiger partial charge < -0.3 is 20.1 Å². The van der Waals surface area contributed by atoms with Gasteiger partial charge in [0.1, 0.15) is 18.4 Å². The molecule has 2 amide bonds. The predicted molar refractivity (Wildman–Crippen MR) is 109 cm³/mol. The number of anilines is 1. The Morgan fingerprint density at radius 1 is 1.00 bits per heavy atom. The molecule has 6 heteroatoms. The van der Waals surface area contributed by atoms with E-state index in [0.29, 0.717) is 12.3 Å². The predicted octanol–water partition coefficient (Wildman–Crippen LogP) is 4.36. The van der Waals surface area contributed by atoms with Crippen molar-refractivity contribution < 1.29 is 19.1 Å². The fraction of sp³-hybridized carbons (Fsp3) is 0.364. The van der Waals surface area contributed by atoms with Crippen LogP contribution in [-0.2, 0) is 16.1 Å². The number of hydrogen-bond donors (Lipinski definition) is 2. The van der Waals surface area contributed by atoms with Crippen LogP contribution in [0, 0.1) is 5.92 Å². The van der Waals surface area contributed by atoms with Crippen LogP contribution in [0.25, 0.3) is 0 Å². The minimum atomic E-state index is -0.695. The van der Waals surface area contributed by atoms with Gasteiger partial charge in [0, 0.05) is 5.69 Å². The highest BCUT2D eigenvalue weighted by molar-refractivity contribution is 5.96.